The first kappa shape index (κ1) is 9.47. The SMILES string of the molecule is C[C@H]1O[C@]1(C)C1(O)CCCCCC1. The van der Waals surface area contributed by atoms with Gasteiger partial charge in [0.2, 0.25) is 0 Å². The molecule has 1 aliphatic carbocycles. The minimum atomic E-state index is -0.539. The van der Waals surface area contributed by atoms with Crippen molar-refractivity contribution < 1.29 is 9.84 Å². The molecule has 76 valence electrons. The van der Waals surface area contributed by atoms with Crippen molar-refractivity contribution in [3.05, 3.63) is 0 Å². The van der Waals surface area contributed by atoms with E-state index < -0.39 is 5.60 Å². The van der Waals surface area contributed by atoms with Crippen LogP contribution in [0.2, 0.25) is 0 Å². The molecule has 1 saturated carbocycles. The Hall–Kier alpha value is -0.0800. The van der Waals surface area contributed by atoms with E-state index in [1.54, 1.807) is 0 Å². The Kier molecular flexibility index (Phi) is 2.16. The molecule has 0 spiro atoms. The van der Waals surface area contributed by atoms with Gasteiger partial charge in [-0.3, -0.25) is 0 Å². The van der Waals surface area contributed by atoms with Gasteiger partial charge >= 0.3 is 0 Å². The van der Waals surface area contributed by atoms with Crippen molar-refractivity contribution in [1.29, 1.82) is 0 Å². The number of ether oxygens (including phenoxy) is 1. The van der Waals surface area contributed by atoms with Crippen molar-refractivity contribution in [3.8, 4) is 0 Å². The van der Waals surface area contributed by atoms with E-state index in [0.717, 1.165) is 25.7 Å². The highest BCUT2D eigenvalue weighted by atomic mass is 16.6. The second kappa shape index (κ2) is 2.96. The molecule has 0 unspecified atom stereocenters. The zero-order valence-corrected chi connectivity index (χ0v) is 8.68. The predicted molar refractivity (Wildman–Crippen MR) is 51.6 cm³/mol. The summed E-state index contributed by atoms with van der Waals surface area (Å²) in [6.45, 7) is 4.12. The summed E-state index contributed by atoms with van der Waals surface area (Å²) in [5.74, 6) is 0. The van der Waals surface area contributed by atoms with Crippen molar-refractivity contribution in [2.75, 3.05) is 0 Å². The summed E-state index contributed by atoms with van der Waals surface area (Å²) in [4.78, 5) is 0. The maximum atomic E-state index is 10.5. The Bertz CT molecular complexity index is 194. The van der Waals surface area contributed by atoms with Crippen LogP contribution in [0, 0.1) is 0 Å². The van der Waals surface area contributed by atoms with E-state index in [1.807, 2.05) is 0 Å². The molecule has 1 aliphatic heterocycles. The van der Waals surface area contributed by atoms with Gasteiger partial charge in [-0.05, 0) is 26.7 Å². The highest BCUT2D eigenvalue weighted by Gasteiger charge is 2.62. The normalized spacial score (nSPS) is 44.1. The molecule has 1 heterocycles. The Morgan fingerprint density at radius 3 is 2.00 bits per heavy atom. The lowest BCUT2D eigenvalue weighted by Crippen LogP contribution is -2.44. The van der Waals surface area contributed by atoms with Gasteiger partial charge in [0.1, 0.15) is 5.60 Å². The van der Waals surface area contributed by atoms with Crippen LogP contribution >= 0.6 is 0 Å². The molecule has 0 aromatic rings. The first-order valence-electron chi connectivity index (χ1n) is 5.49. The van der Waals surface area contributed by atoms with Crippen LogP contribution in [0.15, 0.2) is 0 Å². The van der Waals surface area contributed by atoms with Gasteiger partial charge in [0.15, 0.2) is 0 Å². The average molecular weight is 184 g/mol. The molecule has 1 saturated heterocycles. The molecule has 0 amide bonds. The van der Waals surface area contributed by atoms with Crippen LogP contribution in [0.25, 0.3) is 0 Å². The molecular formula is C11H20O2. The fraction of sp³-hybridized carbons (Fsp3) is 1.00. The second-order valence-corrected chi connectivity index (χ2v) is 4.81. The fourth-order valence-corrected chi connectivity index (χ4v) is 2.63. The number of rotatable bonds is 1. The topological polar surface area (TPSA) is 32.8 Å². The molecular weight excluding hydrogens is 164 g/mol. The highest BCUT2D eigenvalue weighted by Crippen LogP contribution is 2.50. The monoisotopic (exact) mass is 184 g/mol. The zero-order chi connectivity index (χ0) is 9.53. The fourth-order valence-electron chi connectivity index (χ4n) is 2.63. The van der Waals surface area contributed by atoms with Gasteiger partial charge in [0.25, 0.3) is 0 Å². The first-order valence-corrected chi connectivity index (χ1v) is 5.49. The van der Waals surface area contributed by atoms with Crippen LogP contribution < -0.4 is 0 Å². The Balaban J connectivity index is 2.09. The molecule has 2 aliphatic rings. The van der Waals surface area contributed by atoms with E-state index in [4.69, 9.17) is 4.74 Å². The largest absolute Gasteiger partial charge is 0.387 e. The smallest absolute Gasteiger partial charge is 0.120 e. The summed E-state index contributed by atoms with van der Waals surface area (Å²) in [5, 5.41) is 10.5. The van der Waals surface area contributed by atoms with E-state index in [1.165, 1.54) is 12.8 Å². The van der Waals surface area contributed by atoms with E-state index in [9.17, 15) is 5.11 Å². The zero-order valence-electron chi connectivity index (χ0n) is 8.68. The van der Waals surface area contributed by atoms with E-state index in [0.29, 0.717) is 0 Å². The van der Waals surface area contributed by atoms with Crippen LogP contribution in [-0.4, -0.2) is 22.4 Å². The van der Waals surface area contributed by atoms with Crippen LogP contribution in [0.4, 0.5) is 0 Å². The molecule has 0 aromatic heterocycles. The predicted octanol–water partition coefficient (Wildman–Crippen LogP) is 2.25. The molecule has 2 atom stereocenters. The second-order valence-electron chi connectivity index (χ2n) is 4.81. The third kappa shape index (κ3) is 1.40. The molecule has 2 heteroatoms. The number of aliphatic hydroxyl groups is 1. The lowest BCUT2D eigenvalue weighted by atomic mass is 9.80. The maximum Gasteiger partial charge on any atom is 0.120 e. The van der Waals surface area contributed by atoms with Gasteiger partial charge in [-0.2, -0.15) is 0 Å². The van der Waals surface area contributed by atoms with Gasteiger partial charge in [-0.15, -0.1) is 0 Å². The van der Waals surface area contributed by atoms with E-state index in [-0.39, 0.29) is 11.7 Å². The Morgan fingerprint density at radius 1 is 1.15 bits per heavy atom. The van der Waals surface area contributed by atoms with Crippen molar-refractivity contribution in [3.63, 3.8) is 0 Å². The minimum Gasteiger partial charge on any atom is -0.387 e. The molecule has 1 N–H and O–H groups in total. The molecule has 2 rings (SSSR count). The number of epoxide rings is 1. The van der Waals surface area contributed by atoms with Crippen LogP contribution in [0.3, 0.4) is 0 Å². The summed E-state index contributed by atoms with van der Waals surface area (Å²) in [7, 11) is 0. The highest BCUT2D eigenvalue weighted by molar-refractivity contribution is 5.11. The third-order valence-corrected chi connectivity index (χ3v) is 3.99. The lowest BCUT2D eigenvalue weighted by molar-refractivity contribution is -0.0428. The third-order valence-electron chi connectivity index (χ3n) is 3.99. The lowest BCUT2D eigenvalue weighted by Gasteiger charge is -2.31. The van der Waals surface area contributed by atoms with Gasteiger partial charge in [-0.25, -0.2) is 0 Å². The quantitative estimate of drug-likeness (QED) is 0.501. The van der Waals surface area contributed by atoms with Crippen LogP contribution in [0.5, 0.6) is 0 Å². The number of hydrogen-bond donors (Lipinski definition) is 1. The maximum absolute atomic E-state index is 10.5. The molecule has 0 aromatic carbocycles. The summed E-state index contributed by atoms with van der Waals surface area (Å²) < 4.78 is 5.55. The number of hydrogen-bond acceptors (Lipinski definition) is 2. The molecule has 0 radical (unpaired) electrons. The van der Waals surface area contributed by atoms with Crippen molar-refractivity contribution in [2.45, 2.75) is 69.7 Å². The van der Waals surface area contributed by atoms with Gasteiger partial charge < -0.3 is 9.84 Å². The van der Waals surface area contributed by atoms with Crippen molar-refractivity contribution >= 4 is 0 Å². The van der Waals surface area contributed by atoms with E-state index in [2.05, 4.69) is 13.8 Å². The van der Waals surface area contributed by atoms with Crippen LogP contribution in [-0.2, 0) is 4.74 Å². The standard InChI is InChI=1S/C11H20O2/c1-9-10(2,13-9)11(12)7-5-3-4-6-8-11/h9,12H,3-8H2,1-2H3/t9-,10+/m1/s1. The van der Waals surface area contributed by atoms with E-state index >= 15 is 0 Å². The molecule has 2 fully saturated rings. The summed E-state index contributed by atoms with van der Waals surface area (Å²) in [6.07, 6.45) is 6.95. The Morgan fingerprint density at radius 2 is 1.62 bits per heavy atom. The van der Waals surface area contributed by atoms with Gasteiger partial charge in [0, 0.05) is 0 Å². The molecule has 2 nitrogen and oxygen atoms in total. The minimum absolute atomic E-state index is 0.239. The van der Waals surface area contributed by atoms with Gasteiger partial charge in [-0.1, -0.05) is 25.7 Å². The first-order chi connectivity index (χ1) is 6.08. The Labute approximate surface area is 80.3 Å². The molecule has 0 bridgehead atoms. The molecule has 13 heavy (non-hydrogen) atoms. The van der Waals surface area contributed by atoms with Crippen LogP contribution in [0.1, 0.15) is 52.4 Å². The van der Waals surface area contributed by atoms with Crippen molar-refractivity contribution in [2.24, 2.45) is 0 Å². The summed E-state index contributed by atoms with van der Waals surface area (Å²) >= 11 is 0. The summed E-state index contributed by atoms with van der Waals surface area (Å²) in [6, 6.07) is 0. The van der Waals surface area contributed by atoms with Crippen molar-refractivity contribution in [1.82, 2.24) is 0 Å². The van der Waals surface area contributed by atoms with Gasteiger partial charge in [0.05, 0.1) is 11.7 Å². The average Bonchev–Trinajstić information content (AvgIpc) is 2.74. The summed E-state index contributed by atoms with van der Waals surface area (Å²) in [5.41, 5.74) is -0.778.